The Morgan fingerprint density at radius 1 is 0.828 bits per heavy atom. The first-order chi connectivity index (χ1) is 13.9. The molecule has 0 radical (unpaired) electrons. The molecule has 0 fully saturated rings. The Kier molecular flexibility index (Phi) is 6.14. The van der Waals surface area contributed by atoms with Crippen molar-refractivity contribution in [3.05, 3.63) is 106 Å². The second kappa shape index (κ2) is 8.93. The van der Waals surface area contributed by atoms with Crippen molar-refractivity contribution in [1.29, 1.82) is 0 Å². The van der Waals surface area contributed by atoms with Gasteiger partial charge in [0, 0.05) is 28.9 Å². The number of nitrogens with zero attached hydrogens (tertiary/aromatic N) is 2. The van der Waals surface area contributed by atoms with E-state index in [4.69, 9.17) is 0 Å². The average Bonchev–Trinajstić information content (AvgIpc) is 2.73. The van der Waals surface area contributed by atoms with Gasteiger partial charge in [-0.1, -0.05) is 54.6 Å². The number of hydrogen-bond acceptors (Lipinski definition) is 5. The number of aryl methyl sites for hydroxylation is 1. The summed E-state index contributed by atoms with van der Waals surface area (Å²) in [4.78, 5) is 37.7. The number of anilines is 1. The zero-order valence-corrected chi connectivity index (χ0v) is 15.9. The maximum atomic E-state index is 12.8. The van der Waals surface area contributed by atoms with Crippen molar-refractivity contribution in [1.82, 2.24) is 0 Å². The first-order valence-corrected chi connectivity index (χ1v) is 9.11. The third-order valence-corrected chi connectivity index (χ3v) is 4.51. The summed E-state index contributed by atoms with van der Waals surface area (Å²) in [6, 6.07) is 22.1. The summed E-state index contributed by atoms with van der Waals surface area (Å²) in [5.41, 5.74) is 2.41. The van der Waals surface area contributed by atoms with Crippen LogP contribution in [0.1, 0.15) is 26.3 Å². The van der Waals surface area contributed by atoms with Gasteiger partial charge in [-0.3, -0.25) is 19.7 Å². The fraction of sp³-hybridized carbons (Fsp3) is 0.130. The second-order valence-corrected chi connectivity index (χ2v) is 6.71. The Morgan fingerprint density at radius 3 is 2.10 bits per heavy atom. The monoisotopic (exact) mass is 388 g/mol. The van der Waals surface area contributed by atoms with E-state index in [-0.39, 0.29) is 35.9 Å². The summed E-state index contributed by atoms with van der Waals surface area (Å²) in [7, 11) is 0. The molecule has 29 heavy (non-hydrogen) atoms. The lowest BCUT2D eigenvalue weighted by Crippen LogP contribution is -2.34. The topological polar surface area (TPSA) is 80.5 Å². The maximum absolute atomic E-state index is 12.8. The van der Waals surface area contributed by atoms with Crippen LogP contribution in [-0.2, 0) is 0 Å². The van der Waals surface area contributed by atoms with E-state index < -0.39 is 4.92 Å². The van der Waals surface area contributed by atoms with Crippen LogP contribution in [0.5, 0.6) is 0 Å². The van der Waals surface area contributed by atoms with Gasteiger partial charge in [-0.05, 0) is 24.6 Å². The number of non-ortho nitro benzene ring substituents is 1. The van der Waals surface area contributed by atoms with Gasteiger partial charge >= 0.3 is 0 Å². The van der Waals surface area contributed by atoms with Gasteiger partial charge in [-0.25, -0.2) is 0 Å². The predicted octanol–water partition coefficient (Wildman–Crippen LogP) is 4.48. The molecule has 0 spiro atoms. The van der Waals surface area contributed by atoms with Crippen LogP contribution in [-0.4, -0.2) is 29.6 Å². The summed E-state index contributed by atoms with van der Waals surface area (Å²) in [5, 5.41) is 11.0. The number of Topliss-reactive ketones (excluding diaryl/α,β-unsaturated/α-hetero) is 2. The SMILES string of the molecule is Cc1cccc(N(CC(=O)c2ccccc2)CC(=O)c2cccc([N+](=O)[O-])c2)c1. The van der Waals surface area contributed by atoms with Crippen LogP contribution in [0.25, 0.3) is 0 Å². The minimum atomic E-state index is -0.534. The number of nitro groups is 1. The first kappa shape index (κ1) is 19.9. The van der Waals surface area contributed by atoms with Crippen molar-refractivity contribution in [2.75, 3.05) is 18.0 Å². The van der Waals surface area contributed by atoms with Crippen molar-refractivity contribution < 1.29 is 14.5 Å². The van der Waals surface area contributed by atoms with Gasteiger partial charge in [0.25, 0.3) is 5.69 Å². The zero-order valence-electron chi connectivity index (χ0n) is 15.9. The molecule has 0 aliphatic carbocycles. The van der Waals surface area contributed by atoms with E-state index in [1.54, 1.807) is 35.2 Å². The molecule has 6 heteroatoms. The van der Waals surface area contributed by atoms with E-state index in [1.165, 1.54) is 18.2 Å². The zero-order chi connectivity index (χ0) is 20.8. The molecule has 3 aromatic rings. The van der Waals surface area contributed by atoms with Crippen LogP contribution in [0, 0.1) is 17.0 Å². The molecule has 0 N–H and O–H groups in total. The van der Waals surface area contributed by atoms with Gasteiger partial charge in [0.05, 0.1) is 18.0 Å². The van der Waals surface area contributed by atoms with Gasteiger partial charge in [0.1, 0.15) is 0 Å². The number of nitro benzene ring substituents is 1. The smallest absolute Gasteiger partial charge is 0.270 e. The standard InChI is InChI=1S/C23H20N2O4/c1-17-7-5-11-20(13-17)24(15-22(26)18-8-3-2-4-9-18)16-23(27)19-10-6-12-21(14-19)25(28)29/h2-14H,15-16H2,1H3. The highest BCUT2D eigenvalue weighted by molar-refractivity contribution is 6.03. The maximum Gasteiger partial charge on any atom is 0.270 e. The third-order valence-electron chi connectivity index (χ3n) is 4.51. The number of hydrogen-bond donors (Lipinski definition) is 0. The van der Waals surface area contributed by atoms with E-state index in [0.717, 1.165) is 11.3 Å². The molecule has 3 aromatic carbocycles. The molecule has 0 aliphatic heterocycles. The van der Waals surface area contributed by atoms with Gasteiger partial charge in [-0.2, -0.15) is 0 Å². The van der Waals surface area contributed by atoms with E-state index in [0.29, 0.717) is 5.56 Å². The van der Waals surface area contributed by atoms with Crippen molar-refractivity contribution in [2.45, 2.75) is 6.92 Å². The van der Waals surface area contributed by atoms with Crippen LogP contribution in [0.15, 0.2) is 78.9 Å². The van der Waals surface area contributed by atoms with Crippen LogP contribution < -0.4 is 4.90 Å². The quantitative estimate of drug-likeness (QED) is 0.323. The summed E-state index contributed by atoms with van der Waals surface area (Å²) < 4.78 is 0. The number of benzene rings is 3. The predicted molar refractivity (Wildman–Crippen MR) is 112 cm³/mol. The molecule has 0 aromatic heterocycles. The lowest BCUT2D eigenvalue weighted by Gasteiger charge is -2.24. The molecule has 0 heterocycles. The molecule has 0 aliphatic rings. The Labute approximate surface area is 168 Å². The highest BCUT2D eigenvalue weighted by Crippen LogP contribution is 2.19. The van der Waals surface area contributed by atoms with Gasteiger partial charge < -0.3 is 4.90 Å². The van der Waals surface area contributed by atoms with E-state index in [2.05, 4.69) is 0 Å². The molecule has 0 amide bonds. The number of carbonyl (C=O) groups is 2. The third kappa shape index (κ3) is 5.13. The molecule has 0 saturated heterocycles. The average molecular weight is 388 g/mol. The molecule has 6 nitrogen and oxygen atoms in total. The molecule has 0 saturated carbocycles. The van der Waals surface area contributed by atoms with Crippen molar-refractivity contribution in [2.24, 2.45) is 0 Å². The molecule has 3 rings (SSSR count). The molecule has 0 bridgehead atoms. The van der Waals surface area contributed by atoms with Crippen molar-refractivity contribution in [3.8, 4) is 0 Å². The lowest BCUT2D eigenvalue weighted by molar-refractivity contribution is -0.384. The highest BCUT2D eigenvalue weighted by Gasteiger charge is 2.19. The molecular weight excluding hydrogens is 368 g/mol. The minimum Gasteiger partial charge on any atom is -0.356 e. The largest absolute Gasteiger partial charge is 0.356 e. The van der Waals surface area contributed by atoms with E-state index in [1.807, 2.05) is 37.3 Å². The Bertz CT molecular complexity index is 1050. The highest BCUT2D eigenvalue weighted by atomic mass is 16.6. The van der Waals surface area contributed by atoms with Gasteiger partial charge in [0.2, 0.25) is 0 Å². The van der Waals surface area contributed by atoms with Crippen LogP contribution in [0.4, 0.5) is 11.4 Å². The summed E-state index contributed by atoms with van der Waals surface area (Å²) in [5.74, 6) is -0.407. The number of carbonyl (C=O) groups excluding carboxylic acids is 2. The van der Waals surface area contributed by atoms with E-state index >= 15 is 0 Å². The Hall–Kier alpha value is -3.80. The van der Waals surface area contributed by atoms with Gasteiger partial charge in [0.15, 0.2) is 11.6 Å². The van der Waals surface area contributed by atoms with Crippen LogP contribution in [0.3, 0.4) is 0 Å². The molecule has 146 valence electrons. The Balaban J connectivity index is 1.87. The molecule has 0 atom stereocenters. The van der Waals surface area contributed by atoms with Gasteiger partial charge in [-0.15, -0.1) is 0 Å². The van der Waals surface area contributed by atoms with E-state index in [9.17, 15) is 19.7 Å². The van der Waals surface area contributed by atoms with Crippen LogP contribution >= 0.6 is 0 Å². The minimum absolute atomic E-state index is 0.0220. The number of ketones is 2. The lowest BCUT2D eigenvalue weighted by atomic mass is 10.1. The summed E-state index contributed by atoms with van der Waals surface area (Å²) in [6.07, 6.45) is 0. The second-order valence-electron chi connectivity index (χ2n) is 6.71. The summed E-state index contributed by atoms with van der Waals surface area (Å²) in [6.45, 7) is 1.89. The fourth-order valence-electron chi connectivity index (χ4n) is 3.01. The van der Waals surface area contributed by atoms with Crippen molar-refractivity contribution in [3.63, 3.8) is 0 Å². The molecule has 0 unspecified atom stereocenters. The summed E-state index contributed by atoms with van der Waals surface area (Å²) >= 11 is 0. The molecular formula is C23H20N2O4. The first-order valence-electron chi connectivity index (χ1n) is 9.11. The van der Waals surface area contributed by atoms with Crippen LogP contribution in [0.2, 0.25) is 0 Å². The number of rotatable bonds is 8. The fourth-order valence-corrected chi connectivity index (χ4v) is 3.01. The normalized spacial score (nSPS) is 10.4. The van der Waals surface area contributed by atoms with Crippen molar-refractivity contribution >= 4 is 22.9 Å². The Morgan fingerprint density at radius 2 is 1.45 bits per heavy atom.